The first-order valence-corrected chi connectivity index (χ1v) is 10.5. The fourth-order valence-corrected chi connectivity index (χ4v) is 4.96. The minimum Gasteiger partial charge on any atom is -0.369 e. The number of pyridine rings is 1. The normalized spacial score (nSPS) is 23.8. The van der Waals surface area contributed by atoms with Crippen LogP contribution >= 0.6 is 11.6 Å². The van der Waals surface area contributed by atoms with Crippen LogP contribution < -0.4 is 15.6 Å². The van der Waals surface area contributed by atoms with Gasteiger partial charge in [0.05, 0.1) is 34.8 Å². The Balaban J connectivity index is 1.47. The summed E-state index contributed by atoms with van der Waals surface area (Å²) >= 11 is 6.32. The largest absolute Gasteiger partial charge is 0.369 e. The van der Waals surface area contributed by atoms with Crippen molar-refractivity contribution < 1.29 is 4.39 Å². The molecule has 29 heavy (non-hydrogen) atoms. The van der Waals surface area contributed by atoms with E-state index < -0.39 is 0 Å². The zero-order chi connectivity index (χ0) is 20.0. The van der Waals surface area contributed by atoms with Crippen LogP contribution in [-0.2, 0) is 6.54 Å². The number of rotatable bonds is 2. The van der Waals surface area contributed by atoms with Gasteiger partial charge in [-0.25, -0.2) is 4.39 Å². The molecule has 0 unspecified atom stereocenters. The maximum Gasteiger partial charge on any atom is 0.141 e. The van der Waals surface area contributed by atoms with Crippen molar-refractivity contribution in [2.45, 2.75) is 38.1 Å². The van der Waals surface area contributed by atoms with Crippen LogP contribution in [0.1, 0.15) is 42.9 Å². The molecular formula is C22H23ClFN5. The molecule has 0 atom stereocenters. The van der Waals surface area contributed by atoms with Gasteiger partial charge in [0.25, 0.3) is 0 Å². The second kappa shape index (κ2) is 7.41. The molecule has 1 N–H and O–H groups in total. The Bertz CT molecular complexity index is 1110. The number of allylic oxidation sites excluding steroid dienone is 1. The van der Waals surface area contributed by atoms with Crippen molar-refractivity contribution in [1.82, 2.24) is 9.97 Å². The topological polar surface area (TPSA) is 56.6 Å². The highest BCUT2D eigenvalue weighted by Gasteiger charge is 2.29. The van der Waals surface area contributed by atoms with E-state index in [1.807, 2.05) is 18.2 Å². The van der Waals surface area contributed by atoms with Crippen LogP contribution in [0.3, 0.4) is 0 Å². The van der Waals surface area contributed by atoms with Crippen LogP contribution in [0.15, 0.2) is 39.7 Å². The quantitative estimate of drug-likeness (QED) is 0.813. The molecule has 1 saturated carbocycles. The Morgan fingerprint density at radius 2 is 1.97 bits per heavy atom. The molecule has 5 nitrogen and oxygen atoms in total. The van der Waals surface area contributed by atoms with Gasteiger partial charge in [0.2, 0.25) is 0 Å². The summed E-state index contributed by atoms with van der Waals surface area (Å²) in [5.74, 6) is 0.473. The van der Waals surface area contributed by atoms with E-state index >= 15 is 0 Å². The van der Waals surface area contributed by atoms with E-state index in [0.717, 1.165) is 59.3 Å². The van der Waals surface area contributed by atoms with Crippen LogP contribution in [0.25, 0.3) is 11.8 Å². The van der Waals surface area contributed by atoms with Gasteiger partial charge in [-0.05, 0) is 50.0 Å². The highest BCUT2D eigenvalue weighted by atomic mass is 35.5. The number of aromatic amines is 1. The van der Waals surface area contributed by atoms with E-state index in [4.69, 9.17) is 11.6 Å². The summed E-state index contributed by atoms with van der Waals surface area (Å²) in [6.45, 7) is 1.37. The zero-order valence-corrected chi connectivity index (χ0v) is 17.1. The van der Waals surface area contributed by atoms with E-state index in [1.54, 1.807) is 0 Å². The van der Waals surface area contributed by atoms with Crippen molar-refractivity contribution in [2.24, 2.45) is 16.1 Å². The average molecular weight is 412 g/mol. The molecule has 0 bridgehead atoms. The highest BCUT2D eigenvalue weighted by Crippen LogP contribution is 2.39. The van der Waals surface area contributed by atoms with Gasteiger partial charge >= 0.3 is 0 Å². The van der Waals surface area contributed by atoms with Gasteiger partial charge in [0.15, 0.2) is 0 Å². The van der Waals surface area contributed by atoms with E-state index in [-0.39, 0.29) is 5.82 Å². The third-order valence-electron chi connectivity index (χ3n) is 6.27. The summed E-state index contributed by atoms with van der Waals surface area (Å²) in [6.07, 6.45) is 9.44. The number of hydrogen-bond acceptors (Lipinski definition) is 4. The lowest BCUT2D eigenvalue weighted by molar-refractivity contribution is 0.373. The molecular weight excluding hydrogens is 389 g/mol. The lowest BCUT2D eigenvalue weighted by Crippen LogP contribution is -2.24. The number of azo groups is 1. The summed E-state index contributed by atoms with van der Waals surface area (Å²) in [7, 11) is 2.08. The van der Waals surface area contributed by atoms with Crippen molar-refractivity contribution in [3.05, 3.63) is 57.2 Å². The number of likely N-dealkylation sites (N-methyl/N-ethyl adjacent to an activating group) is 1. The van der Waals surface area contributed by atoms with Gasteiger partial charge in [-0.3, -0.25) is 4.98 Å². The number of hydrogen-bond donors (Lipinski definition) is 1. The molecule has 0 saturated heterocycles. The van der Waals surface area contributed by atoms with Crippen LogP contribution in [0.5, 0.6) is 0 Å². The maximum absolute atomic E-state index is 13.2. The molecule has 0 spiro atoms. The van der Waals surface area contributed by atoms with E-state index in [1.165, 1.54) is 23.5 Å². The Morgan fingerprint density at radius 1 is 1.17 bits per heavy atom. The number of nitrogens with one attached hydrogen (secondary N) is 1. The zero-order valence-electron chi connectivity index (χ0n) is 16.3. The van der Waals surface area contributed by atoms with Gasteiger partial charge in [0, 0.05) is 41.7 Å². The number of fused-ring (bicyclic) bond motifs is 3. The molecule has 2 aliphatic heterocycles. The summed E-state index contributed by atoms with van der Waals surface area (Å²) in [5, 5.41) is 11.9. The SMILES string of the molecule is CN1CC=C(Cl)C=c2[nH]c3c(c21)CN=NC=3[C@H]1CC[C@H](c2ccc(F)cn2)CC1. The predicted molar refractivity (Wildman–Crippen MR) is 113 cm³/mol. The molecule has 2 aromatic rings. The minimum atomic E-state index is -0.281. The number of H-pyrrole nitrogens is 1. The van der Waals surface area contributed by atoms with Crippen LogP contribution in [0.2, 0.25) is 0 Å². The smallest absolute Gasteiger partial charge is 0.141 e. The van der Waals surface area contributed by atoms with Crippen molar-refractivity contribution in [3.63, 3.8) is 0 Å². The fourth-order valence-electron chi connectivity index (χ4n) is 4.78. The van der Waals surface area contributed by atoms with Crippen molar-refractivity contribution in [3.8, 4) is 0 Å². The monoisotopic (exact) mass is 411 g/mol. The van der Waals surface area contributed by atoms with Crippen LogP contribution in [-0.4, -0.2) is 23.6 Å². The molecule has 1 aliphatic carbocycles. The third kappa shape index (κ3) is 3.39. The number of halogens is 2. The van der Waals surface area contributed by atoms with Crippen LogP contribution in [0.4, 0.5) is 10.1 Å². The van der Waals surface area contributed by atoms with Gasteiger partial charge in [-0.15, -0.1) is 0 Å². The maximum atomic E-state index is 13.2. The first-order valence-electron chi connectivity index (χ1n) is 10.1. The Hall–Kier alpha value is -2.47. The highest BCUT2D eigenvalue weighted by molar-refractivity contribution is 6.34. The molecule has 0 radical (unpaired) electrons. The fraction of sp³-hybridized carbons (Fsp3) is 0.409. The molecule has 0 amide bonds. The second-order valence-corrected chi connectivity index (χ2v) is 8.53. The average Bonchev–Trinajstić information content (AvgIpc) is 3.04. The Labute approximate surface area is 173 Å². The molecule has 2 aromatic heterocycles. The predicted octanol–water partition coefficient (Wildman–Crippen LogP) is 3.95. The lowest BCUT2D eigenvalue weighted by Gasteiger charge is -2.28. The summed E-state index contributed by atoms with van der Waals surface area (Å²) < 4.78 is 13.2. The molecule has 150 valence electrons. The van der Waals surface area contributed by atoms with Crippen LogP contribution in [0, 0.1) is 11.7 Å². The molecule has 0 aromatic carbocycles. The van der Waals surface area contributed by atoms with Gasteiger partial charge in [-0.2, -0.15) is 10.2 Å². The summed E-state index contributed by atoms with van der Waals surface area (Å²) in [4.78, 5) is 10.1. The Kier molecular flexibility index (Phi) is 4.74. The number of aromatic nitrogens is 2. The van der Waals surface area contributed by atoms with Crippen molar-refractivity contribution in [2.75, 3.05) is 18.5 Å². The van der Waals surface area contributed by atoms with Gasteiger partial charge in [0.1, 0.15) is 5.82 Å². The Morgan fingerprint density at radius 3 is 2.72 bits per heavy atom. The standard InChI is InChI=1S/C22H23ClFN5/c1-29-9-8-15(23)10-19-22(29)17-12-26-28-20(21(17)27-19)14-4-2-13(3-5-14)18-7-6-16(24)11-25-18/h6-8,10-11,13-14,27H,2-5,9,12H2,1H3/t13-,14-. The second-order valence-electron chi connectivity index (χ2n) is 8.09. The van der Waals surface area contributed by atoms with Gasteiger partial charge in [-0.1, -0.05) is 11.6 Å². The molecule has 4 heterocycles. The lowest BCUT2D eigenvalue weighted by atomic mass is 9.78. The molecule has 1 fully saturated rings. The molecule has 7 heteroatoms. The van der Waals surface area contributed by atoms with E-state index in [0.29, 0.717) is 18.4 Å². The number of anilines is 1. The molecule has 3 aliphatic rings. The minimum absolute atomic E-state index is 0.281. The first kappa shape index (κ1) is 18.6. The number of nitrogens with zero attached hydrogens (tertiary/aromatic N) is 4. The summed E-state index contributed by atoms with van der Waals surface area (Å²) in [6, 6.07) is 3.32. The van der Waals surface area contributed by atoms with E-state index in [2.05, 4.69) is 32.1 Å². The van der Waals surface area contributed by atoms with E-state index in [9.17, 15) is 4.39 Å². The van der Waals surface area contributed by atoms with Crippen molar-refractivity contribution >= 4 is 29.1 Å². The van der Waals surface area contributed by atoms with Crippen molar-refractivity contribution in [1.29, 1.82) is 0 Å². The van der Waals surface area contributed by atoms with Gasteiger partial charge < -0.3 is 9.88 Å². The first-order chi connectivity index (χ1) is 14.1. The molecule has 5 rings (SSSR count). The summed E-state index contributed by atoms with van der Waals surface area (Å²) in [5.41, 5.74) is 4.44. The third-order valence-corrected chi connectivity index (χ3v) is 6.54.